The van der Waals surface area contributed by atoms with Gasteiger partial charge in [0.1, 0.15) is 0 Å². The molecule has 1 fully saturated rings. The second-order valence-electron chi connectivity index (χ2n) is 5.75. The highest BCUT2D eigenvalue weighted by molar-refractivity contribution is 14.0. The summed E-state index contributed by atoms with van der Waals surface area (Å²) in [5, 5.41) is 16.4. The Morgan fingerprint density at radius 3 is 2.83 bits per heavy atom. The van der Waals surface area contributed by atoms with Crippen LogP contribution in [0.2, 0.25) is 0 Å². The van der Waals surface area contributed by atoms with E-state index in [4.69, 9.17) is 9.47 Å². The van der Waals surface area contributed by atoms with Crippen LogP contribution >= 0.6 is 24.0 Å². The third kappa shape index (κ3) is 4.63. The van der Waals surface area contributed by atoms with Crippen molar-refractivity contribution >= 4 is 29.9 Å². The number of nitrogens with zero attached hydrogens (tertiary/aromatic N) is 1. The molecular weight excluding hydrogens is 409 g/mol. The lowest BCUT2D eigenvalue weighted by atomic mass is 10.1. The predicted octanol–water partition coefficient (Wildman–Crippen LogP) is 1.86. The van der Waals surface area contributed by atoms with Crippen molar-refractivity contribution in [3.05, 3.63) is 23.8 Å². The summed E-state index contributed by atoms with van der Waals surface area (Å²) in [7, 11) is 1.75. The Morgan fingerprint density at radius 2 is 2.09 bits per heavy atom. The summed E-state index contributed by atoms with van der Waals surface area (Å²) in [6, 6.07) is 5.91. The van der Waals surface area contributed by atoms with Crippen LogP contribution in [0.3, 0.4) is 0 Å². The van der Waals surface area contributed by atoms with E-state index < -0.39 is 0 Å². The van der Waals surface area contributed by atoms with E-state index >= 15 is 0 Å². The van der Waals surface area contributed by atoms with Crippen LogP contribution in [0.1, 0.15) is 24.8 Å². The van der Waals surface area contributed by atoms with Crippen LogP contribution in [0.5, 0.6) is 11.5 Å². The molecule has 0 spiro atoms. The highest BCUT2D eigenvalue weighted by Gasteiger charge is 2.25. The molecule has 1 aliphatic heterocycles. The van der Waals surface area contributed by atoms with Gasteiger partial charge in [0.2, 0.25) is 6.79 Å². The zero-order valence-electron chi connectivity index (χ0n) is 13.2. The number of aliphatic hydroxyl groups excluding tert-OH is 1. The van der Waals surface area contributed by atoms with Gasteiger partial charge in [-0.3, -0.25) is 4.99 Å². The topological polar surface area (TPSA) is 75.1 Å². The van der Waals surface area contributed by atoms with Gasteiger partial charge in [-0.1, -0.05) is 12.5 Å². The first kappa shape index (κ1) is 18.1. The fourth-order valence-corrected chi connectivity index (χ4v) is 2.94. The number of nitrogens with one attached hydrogen (secondary N) is 2. The van der Waals surface area contributed by atoms with Gasteiger partial charge < -0.3 is 25.2 Å². The van der Waals surface area contributed by atoms with Crippen molar-refractivity contribution in [2.75, 3.05) is 20.4 Å². The van der Waals surface area contributed by atoms with Crippen molar-refractivity contribution in [3.8, 4) is 11.5 Å². The maximum absolute atomic E-state index is 9.85. The lowest BCUT2D eigenvalue weighted by molar-refractivity contribution is 0.134. The molecule has 0 bridgehead atoms. The third-order valence-electron chi connectivity index (χ3n) is 4.27. The molecule has 2 aliphatic rings. The van der Waals surface area contributed by atoms with Crippen molar-refractivity contribution < 1.29 is 14.6 Å². The van der Waals surface area contributed by atoms with Crippen LogP contribution < -0.4 is 20.1 Å². The first-order valence-electron chi connectivity index (χ1n) is 7.77. The van der Waals surface area contributed by atoms with E-state index in [1.807, 2.05) is 18.2 Å². The normalized spacial score (nSPS) is 22.6. The summed E-state index contributed by atoms with van der Waals surface area (Å²) >= 11 is 0. The Morgan fingerprint density at radius 1 is 1.26 bits per heavy atom. The quantitative estimate of drug-likeness (QED) is 0.384. The monoisotopic (exact) mass is 433 g/mol. The lowest BCUT2D eigenvalue weighted by Crippen LogP contribution is -2.40. The number of hydrogen-bond donors (Lipinski definition) is 3. The van der Waals surface area contributed by atoms with Crippen molar-refractivity contribution in [1.82, 2.24) is 10.6 Å². The maximum atomic E-state index is 9.85. The molecule has 2 unspecified atom stereocenters. The zero-order chi connectivity index (χ0) is 15.4. The second kappa shape index (κ2) is 8.58. The molecule has 0 saturated heterocycles. The molecule has 1 saturated carbocycles. The Labute approximate surface area is 153 Å². The average Bonchev–Trinajstić information content (AvgIpc) is 3.15. The van der Waals surface area contributed by atoms with Crippen LogP contribution in [-0.2, 0) is 6.54 Å². The van der Waals surface area contributed by atoms with Crippen LogP contribution in [0.25, 0.3) is 0 Å². The van der Waals surface area contributed by atoms with Crippen LogP contribution in [-0.4, -0.2) is 37.6 Å². The maximum Gasteiger partial charge on any atom is 0.231 e. The number of fused-ring (bicyclic) bond motifs is 1. The smallest absolute Gasteiger partial charge is 0.231 e. The Balaban J connectivity index is 0.00000192. The minimum absolute atomic E-state index is 0. The van der Waals surface area contributed by atoms with Gasteiger partial charge in [0, 0.05) is 26.1 Å². The molecule has 1 aromatic carbocycles. The van der Waals surface area contributed by atoms with Crippen LogP contribution in [0, 0.1) is 5.92 Å². The molecule has 3 N–H and O–H groups in total. The summed E-state index contributed by atoms with van der Waals surface area (Å²) in [4.78, 5) is 4.22. The Kier molecular flexibility index (Phi) is 6.76. The van der Waals surface area contributed by atoms with Gasteiger partial charge in [-0.25, -0.2) is 0 Å². The number of rotatable bonds is 4. The fourth-order valence-electron chi connectivity index (χ4n) is 2.94. The van der Waals surface area contributed by atoms with Gasteiger partial charge in [-0.2, -0.15) is 0 Å². The van der Waals surface area contributed by atoms with Gasteiger partial charge in [-0.15, -0.1) is 24.0 Å². The SMILES string of the molecule is CN=C(NCc1ccc2c(c1)OCO2)NCC1CCCC1O.I. The van der Waals surface area contributed by atoms with E-state index in [0.717, 1.165) is 48.8 Å². The van der Waals surface area contributed by atoms with Crippen LogP contribution in [0.15, 0.2) is 23.2 Å². The molecule has 23 heavy (non-hydrogen) atoms. The van der Waals surface area contributed by atoms with Gasteiger partial charge in [-0.05, 0) is 30.5 Å². The fraction of sp³-hybridized carbons (Fsp3) is 0.562. The van der Waals surface area contributed by atoms with E-state index in [1.165, 1.54) is 0 Å². The van der Waals surface area contributed by atoms with Gasteiger partial charge >= 0.3 is 0 Å². The average molecular weight is 433 g/mol. The Bertz CT molecular complexity index is 553. The first-order valence-corrected chi connectivity index (χ1v) is 7.77. The Hall–Kier alpha value is -1.22. The van der Waals surface area contributed by atoms with E-state index in [9.17, 15) is 5.11 Å². The summed E-state index contributed by atoms with van der Waals surface area (Å²) < 4.78 is 10.7. The highest BCUT2D eigenvalue weighted by Crippen LogP contribution is 2.32. The standard InChI is InChI=1S/C16H23N3O3.HI/c1-17-16(19-9-12-3-2-4-13(12)20)18-8-11-5-6-14-15(7-11)22-10-21-14;/h5-7,12-13,20H,2-4,8-10H2,1H3,(H2,17,18,19);1H. The summed E-state index contributed by atoms with van der Waals surface area (Å²) in [5.74, 6) is 2.65. The van der Waals surface area contributed by atoms with E-state index in [0.29, 0.717) is 19.3 Å². The largest absolute Gasteiger partial charge is 0.454 e. The zero-order valence-corrected chi connectivity index (χ0v) is 15.6. The molecule has 2 atom stereocenters. The number of guanidine groups is 1. The number of aliphatic imine (C=N–C) groups is 1. The van der Waals surface area contributed by atoms with E-state index in [1.54, 1.807) is 7.05 Å². The summed E-state index contributed by atoms with van der Waals surface area (Å²) in [5.41, 5.74) is 1.10. The number of hydrogen-bond acceptors (Lipinski definition) is 4. The summed E-state index contributed by atoms with van der Waals surface area (Å²) in [6.07, 6.45) is 2.92. The molecule has 3 rings (SSSR count). The number of benzene rings is 1. The summed E-state index contributed by atoms with van der Waals surface area (Å²) in [6.45, 7) is 1.70. The van der Waals surface area contributed by atoms with Crippen molar-refractivity contribution in [1.29, 1.82) is 0 Å². The first-order chi connectivity index (χ1) is 10.8. The molecule has 0 radical (unpaired) electrons. The molecule has 128 valence electrons. The number of halogens is 1. The number of ether oxygens (including phenoxy) is 2. The minimum Gasteiger partial charge on any atom is -0.454 e. The van der Waals surface area contributed by atoms with E-state index in [2.05, 4.69) is 15.6 Å². The molecule has 1 heterocycles. The number of aliphatic hydroxyl groups is 1. The van der Waals surface area contributed by atoms with Crippen molar-refractivity contribution in [3.63, 3.8) is 0 Å². The third-order valence-corrected chi connectivity index (χ3v) is 4.27. The highest BCUT2D eigenvalue weighted by atomic mass is 127. The molecule has 0 aromatic heterocycles. The van der Waals surface area contributed by atoms with Crippen LogP contribution in [0.4, 0.5) is 0 Å². The lowest BCUT2D eigenvalue weighted by Gasteiger charge is -2.18. The van der Waals surface area contributed by atoms with Gasteiger partial charge in [0.15, 0.2) is 17.5 Å². The molecule has 0 amide bonds. The second-order valence-corrected chi connectivity index (χ2v) is 5.75. The van der Waals surface area contributed by atoms with E-state index in [-0.39, 0.29) is 30.1 Å². The minimum atomic E-state index is -0.181. The van der Waals surface area contributed by atoms with Gasteiger partial charge in [0.05, 0.1) is 6.10 Å². The molecule has 1 aliphatic carbocycles. The van der Waals surface area contributed by atoms with Crippen molar-refractivity contribution in [2.45, 2.75) is 31.9 Å². The molecule has 7 heteroatoms. The molecular formula is C16H24IN3O3. The predicted molar refractivity (Wildman–Crippen MR) is 99.5 cm³/mol. The molecule has 1 aromatic rings. The van der Waals surface area contributed by atoms with Crippen molar-refractivity contribution in [2.24, 2.45) is 10.9 Å². The van der Waals surface area contributed by atoms with Gasteiger partial charge in [0.25, 0.3) is 0 Å². The molecule has 6 nitrogen and oxygen atoms in total.